The van der Waals surface area contributed by atoms with Crippen LogP contribution < -0.4 is 10.0 Å². The van der Waals surface area contributed by atoms with Crippen LogP contribution >= 0.6 is 11.8 Å². The van der Waals surface area contributed by atoms with Crippen molar-refractivity contribution in [2.75, 3.05) is 18.1 Å². The van der Waals surface area contributed by atoms with E-state index in [0.717, 1.165) is 23.4 Å². The fraction of sp³-hybridized carbons (Fsp3) is 0.538. The molecule has 0 spiro atoms. The van der Waals surface area contributed by atoms with Crippen LogP contribution in [0.1, 0.15) is 18.9 Å². The van der Waals surface area contributed by atoms with Crippen molar-refractivity contribution >= 4 is 27.5 Å². The minimum atomic E-state index is -3.39. The molecule has 0 bridgehead atoms. The van der Waals surface area contributed by atoms with Crippen LogP contribution in [-0.2, 0) is 10.0 Å². The van der Waals surface area contributed by atoms with Crippen LogP contribution in [0.25, 0.3) is 0 Å². The van der Waals surface area contributed by atoms with Gasteiger partial charge in [0, 0.05) is 17.0 Å². The molecular formula is C13H20N2O2S2. The van der Waals surface area contributed by atoms with E-state index < -0.39 is 10.0 Å². The normalized spacial score (nSPS) is 23.5. The molecule has 1 saturated heterocycles. The third-order valence-electron chi connectivity index (χ3n) is 3.47. The predicted molar refractivity (Wildman–Crippen MR) is 81.4 cm³/mol. The number of thioether (sulfide) groups is 1. The molecule has 2 N–H and O–H groups in total. The molecule has 0 radical (unpaired) electrons. The van der Waals surface area contributed by atoms with Gasteiger partial charge in [-0.1, -0.05) is 13.0 Å². The number of hydrogen-bond donors (Lipinski definition) is 2. The molecule has 1 aromatic rings. The number of nitrogens with one attached hydrogen (secondary N) is 2. The summed E-state index contributed by atoms with van der Waals surface area (Å²) < 4.78 is 26.2. The Kier molecular flexibility index (Phi) is 4.43. The highest BCUT2D eigenvalue weighted by Crippen LogP contribution is 2.29. The second-order valence-electron chi connectivity index (χ2n) is 4.80. The third kappa shape index (κ3) is 3.24. The summed E-state index contributed by atoms with van der Waals surface area (Å²) in [5.41, 5.74) is 1.63. The van der Waals surface area contributed by atoms with E-state index >= 15 is 0 Å². The molecule has 2 unspecified atom stereocenters. The second kappa shape index (κ2) is 5.73. The molecule has 19 heavy (non-hydrogen) atoms. The molecule has 1 fully saturated rings. The molecule has 1 aromatic carbocycles. The molecule has 1 aliphatic heterocycles. The van der Waals surface area contributed by atoms with E-state index in [1.54, 1.807) is 6.07 Å². The molecule has 6 heteroatoms. The summed E-state index contributed by atoms with van der Waals surface area (Å²) in [5.74, 6) is 1.16. The number of hydrogen-bond acceptors (Lipinski definition) is 4. The first-order valence-electron chi connectivity index (χ1n) is 6.36. The molecule has 0 amide bonds. The lowest BCUT2D eigenvalue weighted by atomic mass is 10.1. The Morgan fingerprint density at radius 2 is 2.11 bits per heavy atom. The molecular weight excluding hydrogens is 280 g/mol. The fourth-order valence-electron chi connectivity index (χ4n) is 2.22. The average molecular weight is 300 g/mol. The molecule has 0 saturated carbocycles. The molecule has 106 valence electrons. The lowest BCUT2D eigenvalue weighted by Gasteiger charge is -2.19. The summed E-state index contributed by atoms with van der Waals surface area (Å²) in [5, 5.41) is 4.00. The van der Waals surface area contributed by atoms with Crippen LogP contribution in [0.2, 0.25) is 0 Å². The van der Waals surface area contributed by atoms with Gasteiger partial charge in [0.15, 0.2) is 0 Å². The molecule has 1 heterocycles. The Morgan fingerprint density at radius 3 is 2.68 bits per heavy atom. The van der Waals surface area contributed by atoms with Crippen LogP contribution in [0.15, 0.2) is 23.1 Å². The average Bonchev–Trinajstić information content (AvgIpc) is 2.77. The van der Waals surface area contributed by atoms with Crippen molar-refractivity contribution in [2.45, 2.75) is 36.5 Å². The maximum atomic E-state index is 11.9. The number of benzene rings is 1. The molecule has 0 aromatic heterocycles. The van der Waals surface area contributed by atoms with Crippen LogP contribution in [0.4, 0.5) is 5.69 Å². The standard InChI is InChI=1S/C13H20N2O2S2/c1-9-4-5-11(8-13(9)19(16,17)14-3)15-12-6-7-18-10(12)2/h4-5,8,10,12,14-15H,6-7H2,1-3H3. The van der Waals surface area contributed by atoms with Crippen LogP contribution in [0, 0.1) is 6.92 Å². The van der Waals surface area contributed by atoms with Crippen LogP contribution in [-0.4, -0.2) is 32.5 Å². The summed E-state index contributed by atoms with van der Waals surface area (Å²) in [6.45, 7) is 4.01. The summed E-state index contributed by atoms with van der Waals surface area (Å²) in [6.07, 6.45) is 1.12. The van der Waals surface area contributed by atoms with E-state index in [9.17, 15) is 8.42 Å². The fourth-order valence-corrected chi connectivity index (χ4v) is 4.42. The lowest BCUT2D eigenvalue weighted by Crippen LogP contribution is -2.25. The van der Waals surface area contributed by atoms with Crippen LogP contribution in [0.5, 0.6) is 0 Å². The van der Waals surface area contributed by atoms with Gasteiger partial charge in [0.2, 0.25) is 10.0 Å². The molecule has 4 nitrogen and oxygen atoms in total. The van der Waals surface area contributed by atoms with Crippen molar-refractivity contribution in [2.24, 2.45) is 0 Å². The van der Waals surface area contributed by atoms with E-state index in [2.05, 4.69) is 17.0 Å². The highest BCUT2D eigenvalue weighted by Gasteiger charge is 2.24. The van der Waals surface area contributed by atoms with Crippen molar-refractivity contribution in [3.8, 4) is 0 Å². The summed E-state index contributed by atoms with van der Waals surface area (Å²) in [7, 11) is -1.96. The number of anilines is 1. The van der Waals surface area contributed by atoms with Gasteiger partial charge in [-0.25, -0.2) is 13.1 Å². The van der Waals surface area contributed by atoms with Gasteiger partial charge in [-0.3, -0.25) is 0 Å². The number of sulfonamides is 1. The first-order valence-corrected chi connectivity index (χ1v) is 8.89. The SMILES string of the molecule is CNS(=O)(=O)c1cc(NC2CCSC2C)ccc1C. The van der Waals surface area contributed by atoms with Crippen molar-refractivity contribution in [3.63, 3.8) is 0 Å². The van der Waals surface area contributed by atoms with Crippen molar-refractivity contribution in [1.82, 2.24) is 4.72 Å². The van der Waals surface area contributed by atoms with Gasteiger partial charge in [-0.15, -0.1) is 0 Å². The zero-order chi connectivity index (χ0) is 14.0. The zero-order valence-corrected chi connectivity index (χ0v) is 13.1. The van der Waals surface area contributed by atoms with Gasteiger partial charge in [-0.2, -0.15) is 11.8 Å². The first-order chi connectivity index (χ1) is 8.94. The van der Waals surface area contributed by atoms with Crippen molar-refractivity contribution in [3.05, 3.63) is 23.8 Å². The summed E-state index contributed by atoms with van der Waals surface area (Å²) in [6, 6.07) is 5.92. The Hall–Kier alpha value is -0.720. The van der Waals surface area contributed by atoms with Gasteiger partial charge in [0.1, 0.15) is 0 Å². The first kappa shape index (κ1) is 14.7. The molecule has 0 aliphatic carbocycles. The van der Waals surface area contributed by atoms with Gasteiger partial charge < -0.3 is 5.32 Å². The smallest absolute Gasteiger partial charge is 0.240 e. The maximum absolute atomic E-state index is 11.9. The van der Waals surface area contributed by atoms with Crippen molar-refractivity contribution < 1.29 is 8.42 Å². The maximum Gasteiger partial charge on any atom is 0.240 e. The third-order valence-corrected chi connectivity index (χ3v) is 6.36. The molecule has 1 aliphatic rings. The van der Waals surface area contributed by atoms with Gasteiger partial charge in [0.05, 0.1) is 4.90 Å². The minimum Gasteiger partial charge on any atom is -0.381 e. The van der Waals surface area contributed by atoms with E-state index in [-0.39, 0.29) is 0 Å². The van der Waals surface area contributed by atoms with E-state index in [1.165, 1.54) is 7.05 Å². The van der Waals surface area contributed by atoms with Crippen LogP contribution in [0.3, 0.4) is 0 Å². The lowest BCUT2D eigenvalue weighted by molar-refractivity contribution is 0.587. The zero-order valence-electron chi connectivity index (χ0n) is 11.4. The second-order valence-corrected chi connectivity index (χ2v) is 8.14. The van der Waals surface area contributed by atoms with Crippen molar-refractivity contribution in [1.29, 1.82) is 0 Å². The topological polar surface area (TPSA) is 58.2 Å². The largest absolute Gasteiger partial charge is 0.381 e. The Bertz CT molecular complexity index is 558. The minimum absolute atomic E-state index is 0.346. The monoisotopic (exact) mass is 300 g/mol. The molecule has 2 rings (SSSR count). The van der Waals surface area contributed by atoms with E-state index in [0.29, 0.717) is 16.2 Å². The summed E-state index contributed by atoms with van der Waals surface area (Å²) >= 11 is 1.95. The Morgan fingerprint density at radius 1 is 1.37 bits per heavy atom. The number of rotatable bonds is 4. The number of aryl methyl sites for hydroxylation is 1. The van der Waals surface area contributed by atoms with Gasteiger partial charge in [0.25, 0.3) is 0 Å². The highest BCUT2D eigenvalue weighted by molar-refractivity contribution is 8.00. The molecule has 2 atom stereocenters. The van der Waals surface area contributed by atoms with Gasteiger partial charge in [-0.05, 0) is 43.8 Å². The quantitative estimate of drug-likeness (QED) is 0.895. The summed E-state index contributed by atoms with van der Waals surface area (Å²) in [4.78, 5) is 0.346. The Labute approximate surface area is 119 Å². The van der Waals surface area contributed by atoms with E-state index in [4.69, 9.17) is 0 Å². The van der Waals surface area contributed by atoms with E-state index in [1.807, 2.05) is 30.8 Å². The predicted octanol–water partition coefficient (Wildman–Crippen LogP) is 2.21. The highest BCUT2D eigenvalue weighted by atomic mass is 32.2. The Balaban J connectivity index is 2.26. The van der Waals surface area contributed by atoms with Gasteiger partial charge >= 0.3 is 0 Å².